The molecule has 1 atom stereocenters. The van der Waals surface area contributed by atoms with Crippen molar-refractivity contribution >= 4 is 11.9 Å². The highest BCUT2D eigenvalue weighted by Crippen LogP contribution is 2.13. The summed E-state index contributed by atoms with van der Waals surface area (Å²) in [5.41, 5.74) is 2.04. The molecule has 2 aromatic rings. The van der Waals surface area contributed by atoms with Gasteiger partial charge in [0.25, 0.3) is 5.91 Å². The third-order valence-corrected chi connectivity index (χ3v) is 3.92. The Morgan fingerprint density at radius 1 is 0.926 bits per heavy atom. The molecule has 4 nitrogen and oxygen atoms in total. The second-order valence-electron chi connectivity index (χ2n) is 6.13. The first-order valence-corrected chi connectivity index (χ1v) is 8.96. The smallest absolute Gasteiger partial charge is 0.331 e. The summed E-state index contributed by atoms with van der Waals surface area (Å²) in [6.07, 6.45) is 5.57. The minimum Gasteiger partial charge on any atom is -0.449 e. The molecule has 0 heterocycles. The van der Waals surface area contributed by atoms with Crippen LogP contribution in [0.3, 0.4) is 0 Å². The SMILES string of the molecule is C/C=C/C=C/C(=O)O[C@@H](C)C(=O)N(Cc1ccccc1)Cc1ccccc1. The van der Waals surface area contributed by atoms with Crippen LogP contribution in [-0.2, 0) is 27.4 Å². The summed E-state index contributed by atoms with van der Waals surface area (Å²) in [7, 11) is 0. The van der Waals surface area contributed by atoms with Crippen molar-refractivity contribution in [2.24, 2.45) is 0 Å². The fourth-order valence-electron chi connectivity index (χ4n) is 2.59. The van der Waals surface area contributed by atoms with E-state index < -0.39 is 12.1 Å². The van der Waals surface area contributed by atoms with Crippen LogP contribution >= 0.6 is 0 Å². The summed E-state index contributed by atoms with van der Waals surface area (Å²) in [5.74, 6) is -0.760. The van der Waals surface area contributed by atoms with Crippen molar-refractivity contribution in [1.82, 2.24) is 4.90 Å². The van der Waals surface area contributed by atoms with Gasteiger partial charge in [0.05, 0.1) is 0 Å². The Balaban J connectivity index is 2.10. The molecule has 0 N–H and O–H groups in total. The molecular weight excluding hydrogens is 338 g/mol. The van der Waals surface area contributed by atoms with E-state index in [4.69, 9.17) is 4.74 Å². The number of esters is 1. The van der Waals surface area contributed by atoms with E-state index >= 15 is 0 Å². The van der Waals surface area contributed by atoms with Crippen molar-refractivity contribution in [3.05, 3.63) is 96.1 Å². The lowest BCUT2D eigenvalue weighted by molar-refractivity contribution is -0.156. The minimum atomic E-state index is -0.861. The zero-order chi connectivity index (χ0) is 19.5. The summed E-state index contributed by atoms with van der Waals surface area (Å²) in [6.45, 7) is 4.36. The van der Waals surface area contributed by atoms with Crippen LogP contribution in [0, 0.1) is 0 Å². The van der Waals surface area contributed by atoms with Crippen LogP contribution in [0.25, 0.3) is 0 Å². The first-order valence-electron chi connectivity index (χ1n) is 8.96. The Hall–Kier alpha value is -3.14. The summed E-state index contributed by atoms with van der Waals surface area (Å²) in [5, 5.41) is 0. The van der Waals surface area contributed by atoms with E-state index in [1.54, 1.807) is 30.1 Å². The molecule has 0 fully saturated rings. The zero-order valence-electron chi connectivity index (χ0n) is 15.7. The number of rotatable bonds is 8. The molecule has 0 aliphatic carbocycles. The van der Waals surface area contributed by atoms with Gasteiger partial charge >= 0.3 is 5.97 Å². The van der Waals surface area contributed by atoms with Gasteiger partial charge in [0.15, 0.2) is 6.10 Å². The van der Waals surface area contributed by atoms with Gasteiger partial charge in [-0.25, -0.2) is 4.79 Å². The highest BCUT2D eigenvalue weighted by atomic mass is 16.5. The molecule has 0 aliphatic heterocycles. The number of allylic oxidation sites excluding steroid dienone is 3. The Morgan fingerprint density at radius 3 is 1.93 bits per heavy atom. The first kappa shape index (κ1) is 20.2. The molecule has 4 heteroatoms. The zero-order valence-corrected chi connectivity index (χ0v) is 15.7. The van der Waals surface area contributed by atoms with Crippen molar-refractivity contribution < 1.29 is 14.3 Å². The van der Waals surface area contributed by atoms with Gasteiger partial charge in [-0.1, -0.05) is 78.9 Å². The van der Waals surface area contributed by atoms with E-state index in [0.717, 1.165) is 11.1 Å². The molecule has 2 aromatic carbocycles. The number of amides is 1. The number of carbonyl (C=O) groups is 2. The molecule has 0 saturated carbocycles. The van der Waals surface area contributed by atoms with Gasteiger partial charge in [0, 0.05) is 19.2 Å². The molecule has 0 bridgehead atoms. The Kier molecular flexibility index (Phi) is 8.04. The normalized spacial score (nSPS) is 12.2. The molecule has 2 rings (SSSR count). The third kappa shape index (κ3) is 6.94. The molecule has 0 unspecified atom stereocenters. The van der Waals surface area contributed by atoms with Gasteiger partial charge in [0.2, 0.25) is 0 Å². The van der Waals surface area contributed by atoms with Crippen LogP contribution in [0.5, 0.6) is 0 Å². The summed E-state index contributed by atoms with van der Waals surface area (Å²) >= 11 is 0. The molecule has 140 valence electrons. The van der Waals surface area contributed by atoms with Crippen molar-refractivity contribution in [2.75, 3.05) is 0 Å². The first-order chi connectivity index (χ1) is 13.1. The van der Waals surface area contributed by atoms with E-state index in [2.05, 4.69) is 0 Å². The number of carbonyl (C=O) groups excluding carboxylic acids is 2. The quantitative estimate of drug-likeness (QED) is 0.399. The molecule has 0 aliphatic rings. The standard InChI is InChI=1S/C23H25NO3/c1-3-4-7-16-22(25)27-19(2)23(26)24(17-20-12-8-5-9-13-20)18-21-14-10-6-11-15-21/h3-16,19H,17-18H2,1-2H3/b4-3+,16-7+/t19-/m0/s1. The van der Waals surface area contributed by atoms with Crippen LogP contribution in [-0.4, -0.2) is 22.9 Å². The predicted molar refractivity (Wildman–Crippen MR) is 107 cm³/mol. The lowest BCUT2D eigenvalue weighted by Gasteiger charge is -2.26. The number of benzene rings is 2. The topological polar surface area (TPSA) is 46.6 Å². The summed E-state index contributed by atoms with van der Waals surface area (Å²) in [6, 6.07) is 19.5. The molecule has 0 spiro atoms. The maximum Gasteiger partial charge on any atom is 0.331 e. The van der Waals surface area contributed by atoms with Crippen LogP contribution in [0.4, 0.5) is 0 Å². The van der Waals surface area contributed by atoms with E-state index in [1.807, 2.05) is 67.6 Å². The maximum atomic E-state index is 12.9. The maximum absolute atomic E-state index is 12.9. The summed E-state index contributed by atoms with van der Waals surface area (Å²) < 4.78 is 5.26. The van der Waals surface area contributed by atoms with Gasteiger partial charge in [-0.05, 0) is 25.0 Å². The lowest BCUT2D eigenvalue weighted by Crippen LogP contribution is -2.39. The van der Waals surface area contributed by atoms with Crippen molar-refractivity contribution in [3.8, 4) is 0 Å². The van der Waals surface area contributed by atoms with Crippen LogP contribution in [0.2, 0.25) is 0 Å². The fraction of sp³-hybridized carbons (Fsp3) is 0.217. The van der Waals surface area contributed by atoms with Crippen LogP contribution in [0.15, 0.2) is 85.0 Å². The van der Waals surface area contributed by atoms with Gasteiger partial charge in [-0.3, -0.25) is 4.79 Å². The van der Waals surface area contributed by atoms with Crippen molar-refractivity contribution in [3.63, 3.8) is 0 Å². The third-order valence-electron chi connectivity index (χ3n) is 3.92. The number of hydrogen-bond acceptors (Lipinski definition) is 3. The minimum absolute atomic E-state index is 0.226. The molecule has 27 heavy (non-hydrogen) atoms. The highest BCUT2D eigenvalue weighted by Gasteiger charge is 2.23. The number of hydrogen-bond donors (Lipinski definition) is 0. The monoisotopic (exact) mass is 363 g/mol. The Labute approximate surface area is 160 Å². The van der Waals surface area contributed by atoms with Gasteiger partial charge in [0.1, 0.15) is 0 Å². The van der Waals surface area contributed by atoms with Gasteiger partial charge in [-0.15, -0.1) is 0 Å². The lowest BCUT2D eigenvalue weighted by atomic mass is 10.1. The number of ether oxygens (including phenoxy) is 1. The average Bonchev–Trinajstić information content (AvgIpc) is 2.68. The van der Waals surface area contributed by atoms with E-state index in [-0.39, 0.29) is 5.91 Å². The Bertz CT molecular complexity index is 740. The molecule has 0 aromatic heterocycles. The molecule has 0 radical (unpaired) electrons. The summed E-state index contributed by atoms with van der Waals surface area (Å²) in [4.78, 5) is 26.5. The molecule has 0 saturated heterocycles. The predicted octanol–water partition coefficient (Wildman–Crippen LogP) is 4.28. The average molecular weight is 363 g/mol. The second kappa shape index (κ2) is 10.8. The Morgan fingerprint density at radius 2 is 1.44 bits per heavy atom. The van der Waals surface area contributed by atoms with Gasteiger partial charge in [-0.2, -0.15) is 0 Å². The molecular formula is C23H25NO3. The van der Waals surface area contributed by atoms with Crippen LogP contribution in [0.1, 0.15) is 25.0 Å². The largest absolute Gasteiger partial charge is 0.449 e. The van der Waals surface area contributed by atoms with E-state index in [1.165, 1.54) is 6.08 Å². The number of nitrogens with zero attached hydrogens (tertiary/aromatic N) is 1. The fourth-order valence-corrected chi connectivity index (χ4v) is 2.59. The van der Waals surface area contributed by atoms with E-state index in [9.17, 15) is 9.59 Å². The second-order valence-corrected chi connectivity index (χ2v) is 6.13. The van der Waals surface area contributed by atoms with Crippen LogP contribution < -0.4 is 0 Å². The van der Waals surface area contributed by atoms with Gasteiger partial charge < -0.3 is 9.64 Å². The molecule has 1 amide bonds. The van der Waals surface area contributed by atoms with E-state index in [0.29, 0.717) is 13.1 Å². The van der Waals surface area contributed by atoms with Crippen molar-refractivity contribution in [2.45, 2.75) is 33.0 Å². The highest BCUT2D eigenvalue weighted by molar-refractivity contribution is 5.87. The van der Waals surface area contributed by atoms with Crippen molar-refractivity contribution in [1.29, 1.82) is 0 Å².